The highest BCUT2D eigenvalue weighted by Gasteiger charge is 2.15. The van der Waals surface area contributed by atoms with E-state index in [0.717, 1.165) is 12.1 Å². The van der Waals surface area contributed by atoms with Crippen LogP contribution in [-0.4, -0.2) is 36.6 Å². The van der Waals surface area contributed by atoms with Gasteiger partial charge in [-0.05, 0) is 26.8 Å². The van der Waals surface area contributed by atoms with Crippen molar-refractivity contribution in [1.82, 2.24) is 5.32 Å². The van der Waals surface area contributed by atoms with E-state index >= 15 is 0 Å². The van der Waals surface area contributed by atoms with Gasteiger partial charge in [0.05, 0.1) is 6.61 Å². The molecule has 0 spiro atoms. The largest absolute Gasteiger partial charge is 0.490 e. The molecule has 0 saturated carbocycles. The third-order valence-electron chi connectivity index (χ3n) is 2.46. The van der Waals surface area contributed by atoms with Crippen molar-refractivity contribution in [2.45, 2.75) is 26.4 Å². The summed E-state index contributed by atoms with van der Waals surface area (Å²) >= 11 is 0. The zero-order valence-electron chi connectivity index (χ0n) is 13.4. The molecule has 2 N–H and O–H groups in total. The van der Waals surface area contributed by atoms with Gasteiger partial charge < -0.3 is 19.9 Å². The fourth-order valence-corrected chi connectivity index (χ4v) is 1.60. The van der Waals surface area contributed by atoms with Crippen LogP contribution in [0.4, 0.5) is 13.6 Å². The third kappa shape index (κ3) is 7.10. The van der Waals surface area contributed by atoms with Crippen LogP contribution < -0.4 is 10.1 Å². The van der Waals surface area contributed by atoms with E-state index in [0.29, 0.717) is 5.56 Å². The van der Waals surface area contributed by atoms with E-state index in [-0.39, 0.29) is 25.5 Å². The second-order valence-electron chi connectivity index (χ2n) is 5.66. The smallest absolute Gasteiger partial charge is 0.407 e. The molecule has 0 aliphatic carbocycles. The topological polar surface area (TPSA) is 67.8 Å². The minimum absolute atomic E-state index is 0.0396. The van der Waals surface area contributed by atoms with Gasteiger partial charge in [0, 0.05) is 18.2 Å². The Morgan fingerprint density at radius 2 is 1.96 bits per heavy atom. The molecule has 0 bridgehead atoms. The van der Waals surface area contributed by atoms with Crippen LogP contribution in [0.1, 0.15) is 26.3 Å². The molecular formula is C16H21F2NO4. The first-order chi connectivity index (χ1) is 10.7. The van der Waals surface area contributed by atoms with Crippen molar-refractivity contribution in [2.24, 2.45) is 0 Å². The van der Waals surface area contributed by atoms with E-state index in [9.17, 15) is 13.6 Å². The normalized spacial score (nSPS) is 11.6. The SMILES string of the molecule is CC(C)(C)OC(=O)NC/C=C/c1cc(F)c(F)cc1OCCO. The molecule has 0 atom stereocenters. The molecule has 1 rings (SSSR count). The standard InChI is InChI=1S/C16H21F2NO4/c1-16(2,3)23-15(21)19-6-4-5-11-9-12(17)13(18)10-14(11)22-8-7-20/h4-5,9-10,20H,6-8H2,1-3H3,(H,19,21)/b5-4+. The molecule has 0 aliphatic heterocycles. The molecule has 1 aromatic carbocycles. The highest BCUT2D eigenvalue weighted by Crippen LogP contribution is 2.23. The van der Waals surface area contributed by atoms with Crippen LogP contribution >= 0.6 is 0 Å². The lowest BCUT2D eigenvalue weighted by molar-refractivity contribution is 0.0534. The fourth-order valence-electron chi connectivity index (χ4n) is 1.60. The monoisotopic (exact) mass is 329 g/mol. The van der Waals surface area contributed by atoms with Gasteiger partial charge >= 0.3 is 6.09 Å². The lowest BCUT2D eigenvalue weighted by Gasteiger charge is -2.19. The van der Waals surface area contributed by atoms with E-state index in [4.69, 9.17) is 14.6 Å². The van der Waals surface area contributed by atoms with E-state index in [2.05, 4.69) is 5.32 Å². The molecule has 0 unspecified atom stereocenters. The van der Waals surface area contributed by atoms with Crippen LogP contribution in [0, 0.1) is 11.6 Å². The zero-order chi connectivity index (χ0) is 17.5. The van der Waals surface area contributed by atoms with Gasteiger partial charge in [-0.3, -0.25) is 0 Å². The molecule has 0 saturated heterocycles. The number of carbonyl (C=O) groups excluding carboxylic acids is 1. The Labute approximate surface area is 133 Å². The summed E-state index contributed by atoms with van der Waals surface area (Å²) in [5, 5.41) is 11.2. The fraction of sp³-hybridized carbons (Fsp3) is 0.438. The number of aliphatic hydroxyl groups excluding tert-OH is 1. The molecular weight excluding hydrogens is 308 g/mol. The molecule has 7 heteroatoms. The summed E-state index contributed by atoms with van der Waals surface area (Å²) in [6.07, 6.45) is 2.44. The van der Waals surface area contributed by atoms with Crippen LogP contribution in [0.2, 0.25) is 0 Å². The maximum Gasteiger partial charge on any atom is 0.407 e. The van der Waals surface area contributed by atoms with Crippen LogP contribution in [-0.2, 0) is 4.74 Å². The molecule has 5 nitrogen and oxygen atoms in total. The number of hydrogen-bond donors (Lipinski definition) is 2. The van der Waals surface area contributed by atoms with Gasteiger partial charge in [0.15, 0.2) is 11.6 Å². The summed E-state index contributed by atoms with van der Waals surface area (Å²) in [5.41, 5.74) is -0.303. The van der Waals surface area contributed by atoms with Gasteiger partial charge in [0.25, 0.3) is 0 Å². The second-order valence-corrected chi connectivity index (χ2v) is 5.66. The quantitative estimate of drug-likeness (QED) is 0.842. The van der Waals surface area contributed by atoms with Crippen molar-refractivity contribution in [3.8, 4) is 5.75 Å². The highest BCUT2D eigenvalue weighted by atomic mass is 19.2. The Morgan fingerprint density at radius 1 is 1.30 bits per heavy atom. The molecule has 0 fully saturated rings. The van der Waals surface area contributed by atoms with Gasteiger partial charge in [-0.25, -0.2) is 13.6 Å². The number of alkyl carbamates (subject to hydrolysis) is 1. The van der Waals surface area contributed by atoms with Crippen molar-refractivity contribution >= 4 is 12.2 Å². The predicted molar refractivity (Wildman–Crippen MR) is 82.2 cm³/mol. The van der Waals surface area contributed by atoms with Gasteiger partial charge in [-0.15, -0.1) is 0 Å². The number of amides is 1. The molecule has 1 aromatic rings. The minimum atomic E-state index is -1.04. The van der Waals surface area contributed by atoms with E-state index in [1.165, 1.54) is 6.08 Å². The second kappa shape index (κ2) is 8.47. The Balaban J connectivity index is 2.68. The lowest BCUT2D eigenvalue weighted by atomic mass is 10.1. The maximum atomic E-state index is 13.3. The molecule has 23 heavy (non-hydrogen) atoms. The van der Waals surface area contributed by atoms with Crippen LogP contribution in [0.25, 0.3) is 6.08 Å². The first-order valence-electron chi connectivity index (χ1n) is 7.09. The number of rotatable bonds is 6. The molecule has 0 aromatic heterocycles. The van der Waals surface area contributed by atoms with Gasteiger partial charge in [-0.1, -0.05) is 12.2 Å². The number of aliphatic hydroxyl groups is 1. The summed E-state index contributed by atoms with van der Waals surface area (Å²) in [7, 11) is 0. The predicted octanol–water partition coefficient (Wildman–Crippen LogP) is 2.87. The van der Waals surface area contributed by atoms with Crippen LogP contribution in [0.15, 0.2) is 18.2 Å². The average Bonchev–Trinajstić information content (AvgIpc) is 2.43. The van der Waals surface area contributed by atoms with Crippen molar-refractivity contribution in [3.05, 3.63) is 35.4 Å². The summed E-state index contributed by atoms with van der Waals surface area (Å²) < 4.78 is 36.7. The number of halogens is 2. The van der Waals surface area contributed by atoms with Crippen molar-refractivity contribution < 1.29 is 28.2 Å². The van der Waals surface area contributed by atoms with Gasteiger partial charge in [0.1, 0.15) is 18.0 Å². The molecule has 0 aliphatic rings. The summed E-state index contributed by atoms with van der Waals surface area (Å²) in [6.45, 7) is 5.09. The summed E-state index contributed by atoms with van der Waals surface area (Å²) in [4.78, 5) is 11.4. The zero-order valence-corrected chi connectivity index (χ0v) is 13.4. The minimum Gasteiger partial charge on any atom is -0.490 e. The maximum absolute atomic E-state index is 13.3. The molecule has 1 amide bonds. The molecule has 0 radical (unpaired) electrons. The van der Waals surface area contributed by atoms with Gasteiger partial charge in [0.2, 0.25) is 0 Å². The highest BCUT2D eigenvalue weighted by molar-refractivity contribution is 5.68. The Kier molecular flexibility index (Phi) is 6.96. The van der Waals surface area contributed by atoms with Crippen molar-refractivity contribution in [1.29, 1.82) is 0 Å². The summed E-state index contributed by atoms with van der Waals surface area (Å²) in [6, 6.07) is 1.89. The van der Waals surface area contributed by atoms with Gasteiger partial charge in [-0.2, -0.15) is 0 Å². The number of benzene rings is 1. The van der Waals surface area contributed by atoms with Crippen molar-refractivity contribution in [2.75, 3.05) is 19.8 Å². The average molecular weight is 329 g/mol. The Morgan fingerprint density at radius 3 is 2.57 bits per heavy atom. The van der Waals surface area contributed by atoms with E-state index in [1.54, 1.807) is 26.8 Å². The van der Waals surface area contributed by atoms with Crippen LogP contribution in [0.5, 0.6) is 5.75 Å². The lowest BCUT2D eigenvalue weighted by Crippen LogP contribution is -2.32. The molecule has 0 heterocycles. The number of carbonyl (C=O) groups is 1. The first-order valence-corrected chi connectivity index (χ1v) is 7.09. The Hall–Kier alpha value is -2.15. The van der Waals surface area contributed by atoms with E-state index < -0.39 is 23.3 Å². The van der Waals surface area contributed by atoms with Crippen molar-refractivity contribution in [3.63, 3.8) is 0 Å². The van der Waals surface area contributed by atoms with E-state index in [1.807, 2.05) is 0 Å². The first kappa shape index (κ1) is 18.9. The van der Waals surface area contributed by atoms with Crippen LogP contribution in [0.3, 0.4) is 0 Å². The number of hydrogen-bond acceptors (Lipinski definition) is 4. The number of ether oxygens (including phenoxy) is 2. The Bertz CT molecular complexity index is 568. The molecule has 128 valence electrons. The third-order valence-corrected chi connectivity index (χ3v) is 2.46. The summed E-state index contributed by atoms with van der Waals surface area (Å²) in [5.74, 6) is -1.95. The number of nitrogens with one attached hydrogen (secondary N) is 1.